The minimum absolute atomic E-state index is 0.930. The first-order chi connectivity index (χ1) is 16.2. The lowest BCUT2D eigenvalue weighted by atomic mass is 9.75. The first kappa shape index (κ1) is 20.4. The molecule has 0 fully saturated rings. The number of allylic oxidation sites excluding steroid dienone is 2. The van der Waals surface area contributed by atoms with Gasteiger partial charge in [-0.3, -0.25) is 0 Å². The van der Waals surface area contributed by atoms with Crippen molar-refractivity contribution in [2.24, 2.45) is 0 Å². The molecule has 2 heteroatoms. The zero-order valence-electron chi connectivity index (χ0n) is 19.4. The molecule has 4 aromatic rings. The van der Waals surface area contributed by atoms with E-state index in [4.69, 9.17) is 4.42 Å². The summed E-state index contributed by atoms with van der Waals surface area (Å²) in [7, 11) is 2.25. The van der Waals surface area contributed by atoms with Crippen molar-refractivity contribution in [2.45, 2.75) is 45.8 Å². The van der Waals surface area contributed by atoms with E-state index in [1.807, 2.05) is 0 Å². The van der Waals surface area contributed by atoms with Gasteiger partial charge in [0.15, 0.2) is 0 Å². The Hall–Kier alpha value is -3.26. The Morgan fingerprint density at radius 1 is 0.788 bits per heavy atom. The van der Waals surface area contributed by atoms with Crippen LogP contribution in [0, 0.1) is 0 Å². The van der Waals surface area contributed by atoms with Gasteiger partial charge in [0.05, 0.1) is 0 Å². The van der Waals surface area contributed by atoms with Crippen LogP contribution >= 0.6 is 0 Å². The summed E-state index contributed by atoms with van der Waals surface area (Å²) in [6.45, 7) is 4.27. The highest BCUT2D eigenvalue weighted by Crippen LogP contribution is 2.37. The van der Waals surface area contributed by atoms with Gasteiger partial charge in [0.2, 0.25) is 0 Å². The molecule has 2 aliphatic carbocycles. The Balaban J connectivity index is 1.22. The van der Waals surface area contributed by atoms with Gasteiger partial charge in [0, 0.05) is 11.8 Å². The van der Waals surface area contributed by atoms with Crippen molar-refractivity contribution in [1.29, 1.82) is 0 Å². The summed E-state index contributed by atoms with van der Waals surface area (Å²) < 4.78 is 6.01. The molecule has 0 atom stereocenters. The van der Waals surface area contributed by atoms with Crippen molar-refractivity contribution < 1.29 is 4.42 Å². The molecule has 33 heavy (non-hydrogen) atoms. The molecular weight excluding hydrogens is 399 g/mol. The Morgan fingerprint density at radius 3 is 2.24 bits per heavy atom. The van der Waals surface area contributed by atoms with Crippen LogP contribution in [0.15, 0.2) is 65.1 Å². The van der Waals surface area contributed by atoms with Gasteiger partial charge in [0.25, 0.3) is 0 Å². The van der Waals surface area contributed by atoms with E-state index in [1.54, 1.807) is 0 Å². The molecule has 0 aliphatic heterocycles. The highest BCUT2D eigenvalue weighted by atomic mass is 16.3. The zero-order valence-corrected chi connectivity index (χ0v) is 19.4. The van der Waals surface area contributed by atoms with E-state index in [9.17, 15) is 0 Å². The molecule has 1 aromatic heterocycles. The van der Waals surface area contributed by atoms with Crippen LogP contribution in [0.2, 0.25) is 13.1 Å². The third-order valence-corrected chi connectivity index (χ3v) is 7.15. The van der Waals surface area contributed by atoms with Gasteiger partial charge in [-0.05, 0) is 81.5 Å². The third-order valence-electron chi connectivity index (χ3n) is 7.15. The van der Waals surface area contributed by atoms with Crippen molar-refractivity contribution >= 4 is 41.5 Å². The van der Waals surface area contributed by atoms with Crippen LogP contribution in [0.5, 0.6) is 0 Å². The highest BCUT2D eigenvalue weighted by molar-refractivity contribution is 6.33. The molecule has 0 saturated carbocycles. The number of benzene rings is 3. The maximum atomic E-state index is 6.01. The van der Waals surface area contributed by atoms with E-state index >= 15 is 0 Å². The van der Waals surface area contributed by atoms with Crippen LogP contribution in [0.4, 0.5) is 0 Å². The van der Waals surface area contributed by atoms with E-state index < -0.39 is 0 Å². The lowest BCUT2D eigenvalue weighted by molar-refractivity contribution is 0.557. The van der Waals surface area contributed by atoms with Gasteiger partial charge < -0.3 is 4.42 Å². The summed E-state index contributed by atoms with van der Waals surface area (Å²) in [5.74, 6) is 1.05. The predicted molar refractivity (Wildman–Crippen MR) is 142 cm³/mol. The Kier molecular flexibility index (Phi) is 5.10. The summed E-state index contributed by atoms with van der Waals surface area (Å²) in [4.78, 5) is 0. The smallest absolute Gasteiger partial charge is 0.134 e. The van der Waals surface area contributed by atoms with Crippen LogP contribution in [0.3, 0.4) is 0 Å². The quantitative estimate of drug-likeness (QED) is 0.285. The second-order valence-corrected chi connectivity index (χ2v) is 9.41. The number of furan rings is 1. The van der Waals surface area contributed by atoms with Gasteiger partial charge in [-0.25, -0.2) is 0 Å². The molecule has 0 saturated heterocycles. The fourth-order valence-corrected chi connectivity index (χ4v) is 5.24. The Bertz CT molecular complexity index is 1430. The number of hydrogen-bond acceptors (Lipinski definition) is 1. The van der Waals surface area contributed by atoms with E-state index in [0.717, 1.165) is 43.3 Å². The molecule has 1 heterocycles. The average Bonchev–Trinajstić information content (AvgIpc) is 3.56. The van der Waals surface area contributed by atoms with E-state index in [2.05, 4.69) is 93.8 Å². The number of fused-ring (bicyclic) bond motifs is 3. The van der Waals surface area contributed by atoms with Crippen molar-refractivity contribution in [3.8, 4) is 0 Å². The van der Waals surface area contributed by atoms with Crippen molar-refractivity contribution in [2.75, 3.05) is 0 Å². The number of rotatable bonds is 6. The molecule has 0 N–H and O–H groups in total. The average molecular weight is 427 g/mol. The first-order valence-corrected chi connectivity index (χ1v) is 12.2. The number of aryl methyl sites for hydroxylation is 2. The van der Waals surface area contributed by atoms with Crippen molar-refractivity contribution in [1.82, 2.24) is 0 Å². The largest absolute Gasteiger partial charge is 0.461 e. The predicted octanol–water partition coefficient (Wildman–Crippen LogP) is 7.90. The Labute approximate surface area is 197 Å². The molecular formula is C31H28BO. The van der Waals surface area contributed by atoms with Gasteiger partial charge >= 0.3 is 0 Å². The minimum Gasteiger partial charge on any atom is -0.461 e. The summed E-state index contributed by atoms with van der Waals surface area (Å²) in [5, 5.41) is 1.19. The summed E-state index contributed by atoms with van der Waals surface area (Å²) in [6.07, 6.45) is 9.95. The number of hydrogen-bond donors (Lipinski definition) is 0. The standard InChI is InChI=1S/C31H28BO/c1-3-30-18-25-9-8-24(19-31(25)33-30)29-15-23-7-6-22(14-28(23)17-29)27-13-21-5-4-20(10-11-32-2)12-26(21)16-27/h4-9,12-15,18-19H,3,10-11,16-17H2,1-2H3. The zero-order chi connectivity index (χ0) is 22.4. The fourth-order valence-electron chi connectivity index (χ4n) is 5.24. The summed E-state index contributed by atoms with van der Waals surface area (Å²) in [6, 6.07) is 22.8. The minimum atomic E-state index is 0.930. The van der Waals surface area contributed by atoms with Crippen molar-refractivity contribution in [3.05, 3.63) is 105 Å². The molecule has 0 unspecified atom stereocenters. The van der Waals surface area contributed by atoms with Gasteiger partial charge in [-0.1, -0.05) is 80.7 Å². The normalized spacial score (nSPS) is 14.2. The van der Waals surface area contributed by atoms with Gasteiger partial charge in [-0.15, -0.1) is 0 Å². The lowest BCUT2D eigenvalue weighted by Crippen LogP contribution is -1.92. The van der Waals surface area contributed by atoms with Crippen LogP contribution in [-0.4, -0.2) is 7.28 Å². The summed E-state index contributed by atoms with van der Waals surface area (Å²) in [5.41, 5.74) is 13.5. The van der Waals surface area contributed by atoms with E-state index in [0.29, 0.717) is 0 Å². The monoisotopic (exact) mass is 427 g/mol. The fraction of sp³-hybridized carbons (Fsp3) is 0.226. The third kappa shape index (κ3) is 3.78. The second-order valence-electron chi connectivity index (χ2n) is 9.41. The molecule has 161 valence electrons. The van der Waals surface area contributed by atoms with Crippen LogP contribution in [-0.2, 0) is 25.7 Å². The molecule has 3 aromatic carbocycles. The molecule has 2 aliphatic rings. The molecule has 0 spiro atoms. The van der Waals surface area contributed by atoms with Crippen LogP contribution in [0.1, 0.15) is 51.6 Å². The molecule has 0 bridgehead atoms. The maximum Gasteiger partial charge on any atom is 0.134 e. The lowest BCUT2D eigenvalue weighted by Gasteiger charge is -2.07. The highest BCUT2D eigenvalue weighted by Gasteiger charge is 2.19. The van der Waals surface area contributed by atoms with E-state index in [1.165, 1.54) is 55.5 Å². The van der Waals surface area contributed by atoms with Crippen molar-refractivity contribution in [3.63, 3.8) is 0 Å². The Morgan fingerprint density at radius 2 is 1.48 bits per heavy atom. The SMILES string of the molecule is C[B]CCc1ccc2c(c1)CC(c1ccc3c(c1)CC(c1ccc4cc(CC)oc4c1)=C3)=C2. The van der Waals surface area contributed by atoms with Gasteiger partial charge in [0.1, 0.15) is 18.6 Å². The van der Waals surface area contributed by atoms with Crippen LogP contribution in [0.25, 0.3) is 34.3 Å². The topological polar surface area (TPSA) is 13.1 Å². The second kappa shape index (κ2) is 8.26. The molecule has 6 rings (SSSR count). The first-order valence-electron chi connectivity index (χ1n) is 12.2. The van der Waals surface area contributed by atoms with Crippen LogP contribution < -0.4 is 0 Å². The van der Waals surface area contributed by atoms with Gasteiger partial charge in [-0.2, -0.15) is 0 Å². The maximum absolute atomic E-state index is 6.01. The summed E-state index contributed by atoms with van der Waals surface area (Å²) >= 11 is 0. The molecule has 1 radical (unpaired) electrons. The van der Waals surface area contributed by atoms with E-state index in [-0.39, 0.29) is 0 Å². The molecule has 1 nitrogen and oxygen atoms in total. The molecule has 0 amide bonds.